The lowest BCUT2D eigenvalue weighted by Crippen LogP contribution is -2.53. The van der Waals surface area contributed by atoms with Gasteiger partial charge in [0.2, 0.25) is 0 Å². The fourth-order valence-corrected chi connectivity index (χ4v) is 4.10. The Balaban J connectivity index is 1.84. The van der Waals surface area contributed by atoms with E-state index in [2.05, 4.69) is 60.0 Å². The summed E-state index contributed by atoms with van der Waals surface area (Å²) in [5, 5.41) is 7.03. The lowest BCUT2D eigenvalue weighted by Gasteiger charge is -2.37. The molecule has 2 saturated heterocycles. The van der Waals surface area contributed by atoms with E-state index in [0.717, 1.165) is 71.5 Å². The molecule has 2 aliphatic rings. The smallest absolute Gasteiger partial charge is 0.191 e. The highest BCUT2D eigenvalue weighted by atomic mass is 16.5. The number of piperazine rings is 1. The summed E-state index contributed by atoms with van der Waals surface area (Å²) in [4.78, 5) is 12.6. The van der Waals surface area contributed by atoms with Crippen molar-refractivity contribution in [3.63, 3.8) is 0 Å². The molecule has 28 heavy (non-hydrogen) atoms. The molecule has 0 bridgehead atoms. The number of likely N-dealkylation sites (N-methyl/N-ethyl adjacent to an activating group) is 1. The molecule has 7 heteroatoms. The molecule has 7 nitrogen and oxygen atoms in total. The molecule has 2 fully saturated rings. The molecule has 2 heterocycles. The molecular weight excluding hydrogens is 352 g/mol. The molecule has 2 N–H and O–H groups in total. The molecule has 0 aromatic rings. The van der Waals surface area contributed by atoms with Gasteiger partial charge in [0.25, 0.3) is 0 Å². The Hall–Kier alpha value is -0.890. The van der Waals surface area contributed by atoms with Crippen LogP contribution in [0.2, 0.25) is 0 Å². The maximum absolute atomic E-state index is 5.52. The van der Waals surface area contributed by atoms with Gasteiger partial charge >= 0.3 is 0 Å². The summed E-state index contributed by atoms with van der Waals surface area (Å²) in [6.45, 7) is 23.5. The van der Waals surface area contributed by atoms with E-state index in [4.69, 9.17) is 9.73 Å². The minimum absolute atomic E-state index is 0.481. The van der Waals surface area contributed by atoms with Crippen molar-refractivity contribution in [3.05, 3.63) is 0 Å². The van der Waals surface area contributed by atoms with Crippen LogP contribution in [-0.2, 0) is 4.74 Å². The Morgan fingerprint density at radius 3 is 2.18 bits per heavy atom. The number of morpholine rings is 1. The number of nitrogens with zero attached hydrogens (tertiary/aromatic N) is 4. The van der Waals surface area contributed by atoms with Gasteiger partial charge in [0, 0.05) is 64.4 Å². The molecule has 0 saturated carbocycles. The second kappa shape index (κ2) is 12.6. The van der Waals surface area contributed by atoms with Gasteiger partial charge in [-0.1, -0.05) is 20.8 Å². The van der Waals surface area contributed by atoms with Crippen LogP contribution in [0.5, 0.6) is 0 Å². The Kier molecular flexibility index (Phi) is 10.5. The summed E-state index contributed by atoms with van der Waals surface area (Å²) >= 11 is 0. The van der Waals surface area contributed by atoms with Crippen LogP contribution in [0.4, 0.5) is 0 Å². The van der Waals surface area contributed by atoms with E-state index in [1.54, 1.807) is 0 Å². The van der Waals surface area contributed by atoms with Crippen LogP contribution in [0.1, 0.15) is 34.6 Å². The highest BCUT2D eigenvalue weighted by Crippen LogP contribution is 2.12. The average Bonchev–Trinajstić information content (AvgIpc) is 2.72. The fourth-order valence-electron chi connectivity index (χ4n) is 4.10. The van der Waals surface area contributed by atoms with Gasteiger partial charge in [-0.15, -0.1) is 0 Å². The quantitative estimate of drug-likeness (QED) is 0.447. The van der Waals surface area contributed by atoms with Crippen LogP contribution in [0.15, 0.2) is 4.99 Å². The van der Waals surface area contributed by atoms with E-state index in [1.165, 1.54) is 13.1 Å². The maximum atomic E-state index is 5.52. The van der Waals surface area contributed by atoms with Crippen LogP contribution >= 0.6 is 0 Å². The molecule has 2 unspecified atom stereocenters. The zero-order valence-corrected chi connectivity index (χ0v) is 18.9. The van der Waals surface area contributed by atoms with Gasteiger partial charge in [-0.25, -0.2) is 0 Å². The molecule has 0 radical (unpaired) electrons. The number of rotatable bonds is 9. The summed E-state index contributed by atoms with van der Waals surface area (Å²) in [5.74, 6) is 1.54. The zero-order valence-electron chi connectivity index (χ0n) is 18.9. The standard InChI is InChI=1S/C21H44N6O/c1-6-22-21(23-16-19(5)26-10-8-25(7-2)9-11-26)24-17-20(18(3)4)27-12-14-28-15-13-27/h18-20H,6-17H2,1-5H3,(H2,22,23,24). The largest absolute Gasteiger partial charge is 0.379 e. The first kappa shape index (κ1) is 23.4. The second-order valence-electron chi connectivity index (χ2n) is 8.38. The predicted octanol–water partition coefficient (Wildman–Crippen LogP) is 0.924. The molecule has 2 atom stereocenters. The van der Waals surface area contributed by atoms with Crippen molar-refractivity contribution < 1.29 is 4.74 Å². The van der Waals surface area contributed by atoms with Crippen molar-refractivity contribution >= 4 is 5.96 Å². The molecule has 164 valence electrons. The molecule has 0 aromatic carbocycles. The van der Waals surface area contributed by atoms with E-state index in [-0.39, 0.29) is 0 Å². The van der Waals surface area contributed by atoms with Crippen molar-refractivity contribution in [1.29, 1.82) is 0 Å². The fraction of sp³-hybridized carbons (Fsp3) is 0.952. The minimum Gasteiger partial charge on any atom is -0.379 e. The van der Waals surface area contributed by atoms with Crippen molar-refractivity contribution in [2.24, 2.45) is 10.9 Å². The maximum Gasteiger partial charge on any atom is 0.191 e. The highest BCUT2D eigenvalue weighted by molar-refractivity contribution is 5.79. The number of ether oxygens (including phenoxy) is 1. The third-order valence-electron chi connectivity index (χ3n) is 6.10. The van der Waals surface area contributed by atoms with E-state index < -0.39 is 0 Å². The van der Waals surface area contributed by atoms with Gasteiger partial charge < -0.3 is 20.3 Å². The number of hydrogen-bond acceptors (Lipinski definition) is 5. The first-order chi connectivity index (χ1) is 13.5. The topological polar surface area (TPSA) is 55.4 Å². The first-order valence-corrected chi connectivity index (χ1v) is 11.4. The lowest BCUT2D eigenvalue weighted by molar-refractivity contribution is 0.00752. The number of guanidine groups is 1. The summed E-state index contributed by atoms with van der Waals surface area (Å²) in [6, 6.07) is 0.988. The summed E-state index contributed by atoms with van der Waals surface area (Å²) in [7, 11) is 0. The summed E-state index contributed by atoms with van der Waals surface area (Å²) < 4.78 is 5.52. The normalized spacial score (nSPS) is 23.0. The van der Waals surface area contributed by atoms with Gasteiger partial charge in [-0.3, -0.25) is 14.8 Å². The molecule has 2 rings (SSSR count). The molecule has 0 spiro atoms. The molecule has 0 amide bonds. The average molecular weight is 397 g/mol. The minimum atomic E-state index is 0.481. The van der Waals surface area contributed by atoms with Crippen LogP contribution in [-0.4, -0.2) is 111 Å². The van der Waals surface area contributed by atoms with E-state index in [0.29, 0.717) is 18.0 Å². The lowest BCUT2D eigenvalue weighted by atomic mass is 10.0. The van der Waals surface area contributed by atoms with Gasteiger partial charge in [-0.05, 0) is 26.3 Å². The third-order valence-corrected chi connectivity index (χ3v) is 6.10. The SMILES string of the molecule is CCNC(=NCC(C)N1CCN(CC)CC1)NCC(C(C)C)N1CCOCC1. The van der Waals surface area contributed by atoms with Gasteiger partial charge in [0.15, 0.2) is 5.96 Å². The van der Waals surface area contributed by atoms with Crippen molar-refractivity contribution in [1.82, 2.24) is 25.3 Å². The van der Waals surface area contributed by atoms with Gasteiger partial charge in [0.05, 0.1) is 19.8 Å². The van der Waals surface area contributed by atoms with Crippen molar-refractivity contribution in [2.45, 2.75) is 46.7 Å². The summed E-state index contributed by atoms with van der Waals surface area (Å²) in [6.07, 6.45) is 0. The highest BCUT2D eigenvalue weighted by Gasteiger charge is 2.24. The van der Waals surface area contributed by atoms with Crippen LogP contribution in [0.25, 0.3) is 0 Å². The van der Waals surface area contributed by atoms with Gasteiger partial charge in [0.1, 0.15) is 0 Å². The third kappa shape index (κ3) is 7.50. The second-order valence-corrected chi connectivity index (χ2v) is 8.38. The molecule has 0 aromatic heterocycles. The Morgan fingerprint density at radius 2 is 1.61 bits per heavy atom. The Bertz CT molecular complexity index is 444. The summed E-state index contributed by atoms with van der Waals surface area (Å²) in [5.41, 5.74) is 0. The van der Waals surface area contributed by atoms with E-state index >= 15 is 0 Å². The molecular formula is C21H44N6O. The number of nitrogens with one attached hydrogen (secondary N) is 2. The molecule has 2 aliphatic heterocycles. The monoisotopic (exact) mass is 396 g/mol. The number of hydrogen-bond donors (Lipinski definition) is 2. The predicted molar refractivity (Wildman–Crippen MR) is 118 cm³/mol. The zero-order chi connectivity index (χ0) is 20.4. The van der Waals surface area contributed by atoms with Crippen molar-refractivity contribution in [2.75, 3.05) is 78.7 Å². The van der Waals surface area contributed by atoms with E-state index in [1.807, 2.05) is 0 Å². The Labute approximate surface area is 172 Å². The van der Waals surface area contributed by atoms with Crippen LogP contribution < -0.4 is 10.6 Å². The Morgan fingerprint density at radius 1 is 0.929 bits per heavy atom. The van der Waals surface area contributed by atoms with Gasteiger partial charge in [-0.2, -0.15) is 0 Å². The number of aliphatic imine (C=N–C) groups is 1. The molecule has 0 aliphatic carbocycles. The van der Waals surface area contributed by atoms with Crippen LogP contribution in [0, 0.1) is 5.92 Å². The van der Waals surface area contributed by atoms with E-state index in [9.17, 15) is 0 Å². The van der Waals surface area contributed by atoms with Crippen LogP contribution in [0.3, 0.4) is 0 Å². The first-order valence-electron chi connectivity index (χ1n) is 11.4. The van der Waals surface area contributed by atoms with Crippen molar-refractivity contribution in [3.8, 4) is 0 Å².